The van der Waals surface area contributed by atoms with Crippen LogP contribution in [0.25, 0.3) is 0 Å². The van der Waals surface area contributed by atoms with Gasteiger partial charge in [0.25, 0.3) is 16.6 Å². The Kier molecular flexibility index (Phi) is 23.9. The second-order valence-corrected chi connectivity index (χ2v) is 46.1. The number of rotatable bonds is 17. The zero-order valence-corrected chi connectivity index (χ0v) is 74.5. The van der Waals surface area contributed by atoms with Crippen LogP contribution < -0.4 is 20.7 Å². The molecule has 23 nitrogen and oxygen atoms in total. The summed E-state index contributed by atoms with van der Waals surface area (Å²) in [7, 11) is -7.05. The van der Waals surface area contributed by atoms with E-state index < -0.39 is 197 Å². The molecule has 14 unspecified atom stereocenters. The minimum Gasteiger partial charge on any atom is -0.458 e. The molecule has 3 N–H and O–H groups in total. The summed E-state index contributed by atoms with van der Waals surface area (Å²) in [6.45, 7) is 31.9. The fourth-order valence-corrected chi connectivity index (χ4v) is 31.8. The third-order valence-corrected chi connectivity index (χ3v) is 38.2. The molecule has 18 atom stereocenters. The van der Waals surface area contributed by atoms with Crippen molar-refractivity contribution in [1.29, 1.82) is 0 Å². The molecule has 6 aromatic rings. The first-order valence-corrected chi connectivity index (χ1v) is 45.4. The molecule has 0 radical (unpaired) electrons. The van der Waals surface area contributed by atoms with Crippen LogP contribution in [0.15, 0.2) is 204 Å². The molecule has 6 aliphatic carbocycles. The Hall–Kier alpha value is -9.42. The van der Waals surface area contributed by atoms with Crippen molar-refractivity contribution in [2.45, 2.75) is 251 Å². The van der Waals surface area contributed by atoms with Crippen LogP contribution in [0.5, 0.6) is 0 Å². The predicted octanol–water partition coefficient (Wildman–Crippen LogP) is 11.0. The molecule has 14 rings (SSSR count). The Bertz CT molecular complexity index is 4960. The molecule has 4 saturated carbocycles. The zero-order chi connectivity index (χ0) is 88.1. The van der Waals surface area contributed by atoms with E-state index >= 15 is 9.59 Å². The van der Waals surface area contributed by atoms with Crippen LogP contribution >= 0.6 is 0 Å². The van der Waals surface area contributed by atoms with E-state index in [1.165, 1.54) is 34.6 Å². The number of esters is 7. The first kappa shape index (κ1) is 89.3. The average Bonchev–Trinajstić information content (AvgIpc) is 0.667. The minimum absolute atomic E-state index is 0.0403. The summed E-state index contributed by atoms with van der Waals surface area (Å²) in [5, 5.41) is 41.9. The Morgan fingerprint density at radius 3 is 0.992 bits per heavy atom. The highest BCUT2D eigenvalue weighted by atomic mass is 28.4. The van der Waals surface area contributed by atoms with E-state index in [1.54, 1.807) is 116 Å². The van der Waals surface area contributed by atoms with Gasteiger partial charge in [-0.05, 0) is 105 Å². The van der Waals surface area contributed by atoms with Crippen LogP contribution in [-0.4, -0.2) is 182 Å². The normalized spacial score (nSPS) is 32.0. The Balaban J connectivity index is 0.000000209. The number of ketones is 2. The lowest BCUT2D eigenvalue weighted by Gasteiger charge is -2.68. The Morgan fingerprint density at radius 1 is 0.413 bits per heavy atom. The summed E-state index contributed by atoms with van der Waals surface area (Å²) in [6.07, 6.45) is -13.5. The first-order valence-electron chi connectivity index (χ1n) is 41.6. The topological polar surface area (TPSA) is 316 Å². The van der Waals surface area contributed by atoms with Gasteiger partial charge in [0.1, 0.15) is 41.7 Å². The number of aliphatic hydroxyl groups is 3. The molecule has 8 aliphatic rings. The van der Waals surface area contributed by atoms with Gasteiger partial charge in [0.2, 0.25) is 0 Å². The van der Waals surface area contributed by atoms with Gasteiger partial charge in [-0.25, -0.2) is 9.59 Å². The number of carbonyl (C=O) groups is 9. The molecule has 6 fully saturated rings. The lowest BCUT2D eigenvalue weighted by Crippen LogP contribution is -2.83. The molecular formula is C96H114O23Si2. The van der Waals surface area contributed by atoms with Gasteiger partial charge in [0.05, 0.1) is 65.3 Å². The second-order valence-electron chi connectivity index (χ2n) is 37.6. The van der Waals surface area contributed by atoms with Crippen molar-refractivity contribution in [2.75, 3.05) is 13.2 Å². The maximum absolute atomic E-state index is 16.5. The van der Waals surface area contributed by atoms with Crippen LogP contribution in [0.1, 0.15) is 178 Å². The van der Waals surface area contributed by atoms with Gasteiger partial charge in [-0.2, -0.15) is 0 Å². The van der Waals surface area contributed by atoms with E-state index in [9.17, 15) is 48.9 Å². The number of aliphatic hydroxyl groups excluding tert-OH is 1. The van der Waals surface area contributed by atoms with E-state index in [4.69, 9.17) is 51.5 Å². The molecular weight excluding hydrogens is 1580 g/mol. The monoisotopic (exact) mass is 1690 g/mol. The number of carbonyl (C=O) groups excluding carboxylic acids is 9. The van der Waals surface area contributed by atoms with E-state index in [1.807, 2.05) is 121 Å². The molecule has 0 aromatic heterocycles. The van der Waals surface area contributed by atoms with E-state index in [0.717, 1.165) is 20.7 Å². The number of hydrogen-bond donors (Lipinski definition) is 3. The molecule has 25 heteroatoms. The number of Topliss-reactive ketones (excluding diaryl/α,β-unsaturated/α-hetero) is 2. The van der Waals surface area contributed by atoms with Gasteiger partial charge in [-0.1, -0.05) is 227 Å². The van der Waals surface area contributed by atoms with E-state index in [-0.39, 0.29) is 61.2 Å². The molecule has 0 amide bonds. The molecule has 0 spiro atoms. The quantitative estimate of drug-likeness (QED) is 0.0331. The van der Waals surface area contributed by atoms with Crippen molar-refractivity contribution in [3.8, 4) is 0 Å². The van der Waals surface area contributed by atoms with Crippen LogP contribution in [0, 0.1) is 33.5 Å². The Morgan fingerprint density at radius 2 is 0.711 bits per heavy atom. The van der Waals surface area contributed by atoms with Gasteiger partial charge < -0.3 is 66.8 Å². The third-order valence-electron chi connectivity index (χ3n) is 28.1. The summed E-state index contributed by atoms with van der Waals surface area (Å²) in [5.74, 6) is -9.12. The summed E-state index contributed by atoms with van der Waals surface area (Å²) in [6, 6.07) is 56.1. The largest absolute Gasteiger partial charge is 0.458 e. The van der Waals surface area contributed by atoms with Gasteiger partial charge in [0, 0.05) is 71.1 Å². The summed E-state index contributed by atoms with van der Waals surface area (Å²) >= 11 is 0. The van der Waals surface area contributed by atoms with Crippen molar-refractivity contribution in [2.24, 2.45) is 33.5 Å². The van der Waals surface area contributed by atoms with E-state index in [0.29, 0.717) is 11.1 Å². The van der Waals surface area contributed by atoms with Crippen LogP contribution in [-0.2, 0) is 85.0 Å². The minimum atomic E-state index is -3.54. The van der Waals surface area contributed by atoms with Crippen molar-refractivity contribution in [3.63, 3.8) is 0 Å². The number of ether oxygens (including phenoxy) is 9. The molecule has 2 saturated heterocycles. The molecule has 121 heavy (non-hydrogen) atoms. The predicted molar refractivity (Wildman–Crippen MR) is 452 cm³/mol. The first-order chi connectivity index (χ1) is 56.7. The van der Waals surface area contributed by atoms with Gasteiger partial charge >= 0.3 is 41.8 Å². The highest BCUT2D eigenvalue weighted by Crippen LogP contribution is 2.68. The third kappa shape index (κ3) is 14.4. The number of benzene rings is 6. The fourth-order valence-electron chi connectivity index (χ4n) is 22.2. The fraction of sp³-hybridized carbons (Fsp3) is 0.490. The van der Waals surface area contributed by atoms with Crippen molar-refractivity contribution in [1.82, 2.24) is 0 Å². The molecule has 2 heterocycles. The lowest BCUT2D eigenvalue weighted by atomic mass is 9.44. The zero-order valence-electron chi connectivity index (χ0n) is 72.5. The van der Waals surface area contributed by atoms with Gasteiger partial charge in [-0.15, -0.1) is 0 Å². The Labute approximate surface area is 709 Å². The summed E-state index contributed by atoms with van der Waals surface area (Å²) in [4.78, 5) is 128. The highest BCUT2D eigenvalue weighted by molar-refractivity contribution is 7.00. The smallest absolute Gasteiger partial charge is 0.338 e. The standard InChI is InChI=1S/C49H58O12Si.C47H56O11Si/c1-29-36(57-30(2)50)27-49(55)43(59-44(54)33-20-14-11-15-21-33)41-47(10,42(53)40(58-31(3)51)39(29)46(49,8)9)37(26-38-48(41,28-56-38)60-32(4)52)61-62(45(5,6)7,34-22-16-12-17-23-34)35-24-18-13-19-25-35;1-28-34(50)26-47(53)41(56-42(52)31-19-13-10-14-20-31)39-45(9,40(51)38(55-29(2)48)37(28)44(47,7)8)35(25-36-46(39,27-54-36)57-30(3)49)58-59(43(4,5)6,32-21-15-11-16-22-32)33-23-17-12-18-24-33/h11-25,36-38,40-41,43,55H,26-28H2,1-10H3;10-24,34-36,38-39,41,50,53H,25-27H2,1-9H3/t36?,37?,38?,40?,41?,43?,47-,48+,49?;34?,35?,36?,38?,39?,41?,45-,46+,47?/m11/s1. The maximum atomic E-state index is 16.5. The molecule has 4 bridgehead atoms. The van der Waals surface area contributed by atoms with Gasteiger partial charge in [0.15, 0.2) is 35.0 Å². The van der Waals surface area contributed by atoms with Crippen molar-refractivity contribution >= 4 is 90.7 Å². The summed E-state index contributed by atoms with van der Waals surface area (Å²) in [5.41, 5.74) is -12.8. The highest BCUT2D eigenvalue weighted by Gasteiger charge is 2.82. The van der Waals surface area contributed by atoms with Crippen molar-refractivity contribution < 1.29 is 110 Å². The van der Waals surface area contributed by atoms with Crippen LogP contribution in [0.2, 0.25) is 10.1 Å². The SMILES string of the molecule is CC(=O)OC1C(=O)[C@]2(C)C(O[Si](c3ccccc3)(c3ccccc3)C(C)(C)C)CC3OC[C@@]3(OC(C)=O)C2C(OC(=O)c2ccccc2)C2(O)CC(O)C(C)=C1C2(C)C.CC(=O)OC1CC2(O)C(OC(=O)c3ccccc3)C3[C@]4(OC(C)=O)COC4CC(O[Si](c4ccccc4)(c4ccccc4)C(C)(C)C)[C@@]3(C)C(=O)C(OC(C)=O)C(=C1C)C2(C)C. The number of hydrogen-bond acceptors (Lipinski definition) is 23. The van der Waals surface area contributed by atoms with E-state index in [2.05, 4.69) is 41.5 Å². The van der Waals surface area contributed by atoms with Crippen molar-refractivity contribution in [3.05, 3.63) is 215 Å². The average molecular weight is 1690 g/mol. The van der Waals surface area contributed by atoms with Gasteiger partial charge in [-0.3, -0.25) is 33.6 Å². The molecule has 6 aromatic carbocycles. The maximum Gasteiger partial charge on any atom is 0.338 e. The molecule has 2 aliphatic heterocycles. The second kappa shape index (κ2) is 32.4. The van der Waals surface area contributed by atoms with Crippen LogP contribution in [0.3, 0.4) is 0 Å². The number of fused-ring (bicyclic) bond motifs is 10. The molecule has 644 valence electrons. The van der Waals surface area contributed by atoms with Crippen LogP contribution in [0.4, 0.5) is 0 Å². The summed E-state index contributed by atoms with van der Waals surface area (Å²) < 4.78 is 72.6. The lowest BCUT2D eigenvalue weighted by molar-refractivity contribution is -0.344.